The van der Waals surface area contributed by atoms with E-state index in [0.717, 1.165) is 12.0 Å². The third-order valence-electron chi connectivity index (χ3n) is 4.49. The molecular weight excluding hydrogens is 228 g/mol. The first-order valence-electron chi connectivity index (χ1n) is 6.55. The number of thioether (sulfide) groups is 1. The summed E-state index contributed by atoms with van der Waals surface area (Å²) in [7, 11) is 2.26. The number of likely N-dealkylation sites (tertiary alicyclic amines) is 1. The van der Waals surface area contributed by atoms with E-state index in [4.69, 9.17) is 0 Å². The van der Waals surface area contributed by atoms with Crippen LogP contribution in [0.25, 0.3) is 0 Å². The highest BCUT2D eigenvalue weighted by atomic mass is 32.2. The van der Waals surface area contributed by atoms with Crippen molar-refractivity contribution in [3.8, 4) is 0 Å². The number of para-hydroxylation sites is 1. The van der Waals surface area contributed by atoms with Gasteiger partial charge in [0.2, 0.25) is 0 Å². The molecule has 3 heteroatoms. The Morgan fingerprint density at radius 1 is 1.29 bits per heavy atom. The molecule has 3 heterocycles. The van der Waals surface area contributed by atoms with Gasteiger partial charge in [0, 0.05) is 35.7 Å². The maximum Gasteiger partial charge on any atom is 0.0544 e. The zero-order chi connectivity index (χ0) is 11.4. The van der Waals surface area contributed by atoms with Crippen LogP contribution in [-0.2, 0) is 0 Å². The summed E-state index contributed by atoms with van der Waals surface area (Å²) in [6.07, 6.45) is 1.33. The number of piperidine rings is 1. The van der Waals surface area contributed by atoms with Crippen LogP contribution in [0.5, 0.6) is 0 Å². The van der Waals surface area contributed by atoms with Gasteiger partial charge in [-0.05, 0) is 31.6 Å². The molecule has 0 aromatic heterocycles. The summed E-state index contributed by atoms with van der Waals surface area (Å²) in [4.78, 5) is 6.72. The molecule has 3 aliphatic heterocycles. The van der Waals surface area contributed by atoms with Gasteiger partial charge in [0.15, 0.2) is 0 Å². The molecule has 3 aliphatic rings. The lowest BCUT2D eigenvalue weighted by Crippen LogP contribution is -2.46. The normalized spacial score (nSPS) is 31.2. The second-order valence-electron chi connectivity index (χ2n) is 5.46. The molecule has 2 atom stereocenters. The second kappa shape index (κ2) is 3.66. The zero-order valence-corrected chi connectivity index (χ0v) is 11.0. The van der Waals surface area contributed by atoms with Crippen molar-refractivity contribution in [2.24, 2.45) is 0 Å². The Morgan fingerprint density at radius 2 is 2.24 bits per heavy atom. The van der Waals surface area contributed by atoms with Crippen LogP contribution in [0, 0.1) is 0 Å². The molecule has 0 saturated carbocycles. The lowest BCUT2D eigenvalue weighted by Gasteiger charge is -2.38. The zero-order valence-electron chi connectivity index (χ0n) is 10.2. The third kappa shape index (κ3) is 1.39. The maximum absolute atomic E-state index is 2.71. The molecule has 1 fully saturated rings. The molecule has 1 aromatic carbocycles. The van der Waals surface area contributed by atoms with E-state index in [2.05, 4.69) is 35.0 Å². The van der Waals surface area contributed by atoms with Crippen LogP contribution in [-0.4, -0.2) is 43.4 Å². The number of benzene rings is 1. The SMILES string of the molecule is CN1CC[C@H]2[C@@H](C1)c1cccc3c1N2CCS3. The van der Waals surface area contributed by atoms with Crippen LogP contribution in [0.3, 0.4) is 0 Å². The van der Waals surface area contributed by atoms with Crippen molar-refractivity contribution in [1.29, 1.82) is 0 Å². The Morgan fingerprint density at radius 3 is 3.18 bits per heavy atom. The van der Waals surface area contributed by atoms with Gasteiger partial charge in [-0.2, -0.15) is 0 Å². The number of rotatable bonds is 0. The van der Waals surface area contributed by atoms with Gasteiger partial charge in [-0.3, -0.25) is 0 Å². The van der Waals surface area contributed by atoms with Gasteiger partial charge in [-0.15, -0.1) is 11.8 Å². The van der Waals surface area contributed by atoms with Crippen molar-refractivity contribution in [1.82, 2.24) is 4.90 Å². The standard InChI is InChI=1S/C14H18N2S/c1-15-6-5-12-11(9-15)10-3-2-4-13-14(10)16(12)7-8-17-13/h2-4,11-12H,5-9H2,1H3/t11-,12-/m0/s1. The van der Waals surface area contributed by atoms with E-state index >= 15 is 0 Å². The quantitative estimate of drug-likeness (QED) is 0.694. The minimum absolute atomic E-state index is 0.752. The summed E-state index contributed by atoms with van der Waals surface area (Å²) >= 11 is 2.04. The predicted octanol–water partition coefficient (Wildman–Crippen LogP) is 2.40. The van der Waals surface area contributed by atoms with Gasteiger partial charge in [-0.1, -0.05) is 12.1 Å². The van der Waals surface area contributed by atoms with Crippen molar-refractivity contribution >= 4 is 17.4 Å². The summed E-state index contributed by atoms with van der Waals surface area (Å²) in [5.41, 5.74) is 3.19. The van der Waals surface area contributed by atoms with E-state index < -0.39 is 0 Å². The average Bonchev–Trinajstić information content (AvgIpc) is 2.67. The third-order valence-corrected chi connectivity index (χ3v) is 5.51. The summed E-state index contributed by atoms with van der Waals surface area (Å²) in [5.74, 6) is 2.01. The number of anilines is 1. The van der Waals surface area contributed by atoms with E-state index in [0.29, 0.717) is 0 Å². The highest BCUT2D eigenvalue weighted by Crippen LogP contribution is 2.50. The maximum atomic E-state index is 2.71. The lowest BCUT2D eigenvalue weighted by molar-refractivity contribution is 0.232. The summed E-state index contributed by atoms with van der Waals surface area (Å²) in [5, 5.41) is 0. The average molecular weight is 246 g/mol. The van der Waals surface area contributed by atoms with Gasteiger partial charge >= 0.3 is 0 Å². The molecule has 17 heavy (non-hydrogen) atoms. The van der Waals surface area contributed by atoms with Crippen molar-refractivity contribution in [2.75, 3.05) is 37.3 Å². The van der Waals surface area contributed by atoms with Gasteiger partial charge in [-0.25, -0.2) is 0 Å². The summed E-state index contributed by atoms with van der Waals surface area (Å²) in [6, 6.07) is 7.70. The van der Waals surface area contributed by atoms with E-state index in [9.17, 15) is 0 Å². The molecular formula is C14H18N2S. The Labute approximate surface area is 107 Å². The minimum Gasteiger partial charge on any atom is -0.366 e. The molecule has 0 N–H and O–H groups in total. The van der Waals surface area contributed by atoms with Gasteiger partial charge in [0.1, 0.15) is 0 Å². The Bertz CT molecular complexity index is 460. The molecule has 0 radical (unpaired) electrons. The molecule has 0 aliphatic carbocycles. The molecule has 1 aromatic rings. The molecule has 0 spiro atoms. The Hall–Kier alpha value is -0.670. The fourth-order valence-corrected chi connectivity index (χ4v) is 4.80. The number of likely N-dealkylation sites (N-methyl/N-ethyl adjacent to an activating group) is 1. The predicted molar refractivity (Wildman–Crippen MR) is 73.2 cm³/mol. The smallest absolute Gasteiger partial charge is 0.0544 e. The van der Waals surface area contributed by atoms with Crippen LogP contribution < -0.4 is 4.90 Å². The van der Waals surface area contributed by atoms with Crippen LogP contribution in [0.1, 0.15) is 17.9 Å². The van der Waals surface area contributed by atoms with Crippen molar-refractivity contribution in [3.63, 3.8) is 0 Å². The highest BCUT2D eigenvalue weighted by molar-refractivity contribution is 7.99. The number of hydrogen-bond donors (Lipinski definition) is 0. The molecule has 1 saturated heterocycles. The van der Waals surface area contributed by atoms with E-state index in [1.807, 2.05) is 11.8 Å². The van der Waals surface area contributed by atoms with Gasteiger partial charge in [0.25, 0.3) is 0 Å². The molecule has 90 valence electrons. The molecule has 0 bridgehead atoms. The summed E-state index contributed by atoms with van der Waals surface area (Å²) in [6.45, 7) is 3.75. The highest BCUT2D eigenvalue weighted by Gasteiger charge is 2.43. The minimum atomic E-state index is 0.752. The molecule has 2 nitrogen and oxygen atoms in total. The molecule has 0 amide bonds. The topological polar surface area (TPSA) is 6.48 Å². The Balaban J connectivity index is 1.85. The van der Waals surface area contributed by atoms with E-state index in [-0.39, 0.29) is 0 Å². The molecule has 0 unspecified atom stereocenters. The fraction of sp³-hybridized carbons (Fsp3) is 0.571. The number of nitrogens with zero attached hydrogens (tertiary/aromatic N) is 2. The molecule has 4 rings (SSSR count). The van der Waals surface area contributed by atoms with Crippen LogP contribution in [0.4, 0.5) is 5.69 Å². The van der Waals surface area contributed by atoms with Crippen LogP contribution in [0.2, 0.25) is 0 Å². The lowest BCUT2D eigenvalue weighted by atomic mass is 9.89. The largest absolute Gasteiger partial charge is 0.366 e. The Kier molecular flexibility index (Phi) is 2.21. The monoisotopic (exact) mass is 246 g/mol. The number of fused-ring (bicyclic) bond motifs is 3. The second-order valence-corrected chi connectivity index (χ2v) is 6.60. The van der Waals surface area contributed by atoms with Crippen LogP contribution >= 0.6 is 11.8 Å². The first-order chi connectivity index (χ1) is 8.34. The number of hydrogen-bond acceptors (Lipinski definition) is 3. The first kappa shape index (κ1) is 10.3. The van der Waals surface area contributed by atoms with E-state index in [1.165, 1.54) is 36.7 Å². The van der Waals surface area contributed by atoms with E-state index in [1.54, 1.807) is 11.3 Å². The van der Waals surface area contributed by atoms with Crippen molar-refractivity contribution < 1.29 is 0 Å². The summed E-state index contributed by atoms with van der Waals surface area (Å²) < 4.78 is 0. The van der Waals surface area contributed by atoms with Gasteiger partial charge in [0.05, 0.1) is 5.69 Å². The van der Waals surface area contributed by atoms with Crippen molar-refractivity contribution in [3.05, 3.63) is 23.8 Å². The first-order valence-corrected chi connectivity index (χ1v) is 7.54. The fourth-order valence-electron chi connectivity index (χ4n) is 3.74. The van der Waals surface area contributed by atoms with Gasteiger partial charge < -0.3 is 9.80 Å². The van der Waals surface area contributed by atoms with Crippen molar-refractivity contribution in [2.45, 2.75) is 23.3 Å². The van der Waals surface area contributed by atoms with Crippen LogP contribution in [0.15, 0.2) is 23.1 Å².